The Morgan fingerprint density at radius 2 is 1.77 bits per heavy atom. The number of carboxylic acids is 1. The summed E-state index contributed by atoms with van der Waals surface area (Å²) < 4.78 is 12.4. The van der Waals surface area contributed by atoms with Crippen molar-refractivity contribution < 1.29 is 33.8 Å². The lowest BCUT2D eigenvalue weighted by Gasteiger charge is -2.26. The van der Waals surface area contributed by atoms with Gasteiger partial charge in [0, 0.05) is 15.6 Å². The van der Waals surface area contributed by atoms with Crippen LogP contribution in [0, 0.1) is 3.57 Å². The number of nitrogens with zero attached hydrogens (tertiary/aromatic N) is 1. The molecule has 12 heteroatoms. The van der Waals surface area contributed by atoms with E-state index in [1.54, 1.807) is 37.3 Å². The zero-order chi connectivity index (χ0) is 28.3. The van der Waals surface area contributed by atoms with Crippen LogP contribution in [0.2, 0.25) is 10.0 Å². The van der Waals surface area contributed by atoms with Gasteiger partial charge in [-0.25, -0.2) is 14.5 Å². The van der Waals surface area contributed by atoms with E-state index in [9.17, 15) is 19.2 Å². The zero-order valence-corrected chi connectivity index (χ0v) is 23.8. The molecule has 3 aromatic rings. The summed E-state index contributed by atoms with van der Waals surface area (Å²) in [6.45, 7) is 2.27. The van der Waals surface area contributed by atoms with Gasteiger partial charge in [0.2, 0.25) is 0 Å². The SMILES string of the molecule is CCOc1cc(/C=C2\C(=O)NC(=O)N(c3ccc(C(=O)O)cc3)C2=O)cc(I)c1OCc1ccc(Cl)cc1Cl. The lowest BCUT2D eigenvalue weighted by molar-refractivity contribution is -0.122. The summed E-state index contributed by atoms with van der Waals surface area (Å²) in [7, 11) is 0. The molecule has 200 valence electrons. The number of anilines is 1. The van der Waals surface area contributed by atoms with Gasteiger partial charge < -0.3 is 14.6 Å². The molecule has 3 aromatic carbocycles. The smallest absolute Gasteiger partial charge is 0.335 e. The molecular weight excluding hydrogens is 662 g/mol. The van der Waals surface area contributed by atoms with Gasteiger partial charge >= 0.3 is 12.0 Å². The summed E-state index contributed by atoms with van der Waals surface area (Å²) >= 11 is 14.3. The van der Waals surface area contributed by atoms with Gasteiger partial charge in [0.25, 0.3) is 11.8 Å². The Morgan fingerprint density at radius 1 is 1.05 bits per heavy atom. The number of aromatic carboxylic acids is 1. The van der Waals surface area contributed by atoms with Crippen molar-refractivity contribution in [2.75, 3.05) is 11.5 Å². The van der Waals surface area contributed by atoms with Crippen molar-refractivity contribution in [1.82, 2.24) is 5.32 Å². The summed E-state index contributed by atoms with van der Waals surface area (Å²) in [5.41, 5.74) is 0.964. The first kappa shape index (κ1) is 28.4. The van der Waals surface area contributed by atoms with E-state index in [2.05, 4.69) is 27.9 Å². The van der Waals surface area contributed by atoms with Crippen molar-refractivity contribution in [2.45, 2.75) is 13.5 Å². The maximum atomic E-state index is 13.2. The first-order valence-corrected chi connectivity index (χ1v) is 13.2. The minimum Gasteiger partial charge on any atom is -0.490 e. The molecule has 9 nitrogen and oxygen atoms in total. The average molecular weight is 681 g/mol. The quantitative estimate of drug-likeness (QED) is 0.172. The number of hydrogen-bond donors (Lipinski definition) is 2. The number of barbiturate groups is 1. The van der Waals surface area contributed by atoms with Gasteiger partial charge in [0.15, 0.2) is 11.5 Å². The van der Waals surface area contributed by atoms with Gasteiger partial charge in [-0.05, 0) is 89.7 Å². The molecule has 0 bridgehead atoms. The van der Waals surface area contributed by atoms with Gasteiger partial charge in [0.05, 0.1) is 21.4 Å². The lowest BCUT2D eigenvalue weighted by Crippen LogP contribution is -2.54. The summed E-state index contributed by atoms with van der Waals surface area (Å²) in [6.07, 6.45) is 1.34. The van der Waals surface area contributed by atoms with Gasteiger partial charge in [-0.3, -0.25) is 14.9 Å². The van der Waals surface area contributed by atoms with Gasteiger partial charge in [0.1, 0.15) is 12.2 Å². The number of amides is 4. The molecule has 0 unspecified atom stereocenters. The highest BCUT2D eigenvalue weighted by Crippen LogP contribution is 2.36. The molecule has 2 N–H and O–H groups in total. The minimum atomic E-state index is -1.16. The molecule has 39 heavy (non-hydrogen) atoms. The predicted octanol–water partition coefficient (Wildman–Crippen LogP) is 5.94. The fourth-order valence-electron chi connectivity index (χ4n) is 3.67. The number of halogens is 3. The van der Waals surface area contributed by atoms with Crippen LogP contribution in [0.15, 0.2) is 60.2 Å². The lowest BCUT2D eigenvalue weighted by atomic mass is 10.1. The molecule has 0 aromatic heterocycles. The number of rotatable bonds is 8. The van der Waals surface area contributed by atoms with Gasteiger partial charge in [-0.15, -0.1) is 0 Å². The third-order valence-corrected chi connectivity index (χ3v) is 6.89. The highest BCUT2D eigenvalue weighted by atomic mass is 127. The molecule has 1 aliphatic heterocycles. The molecule has 4 amide bonds. The number of carbonyl (C=O) groups excluding carboxylic acids is 3. The van der Waals surface area contributed by atoms with Crippen molar-refractivity contribution in [3.8, 4) is 11.5 Å². The number of nitrogens with one attached hydrogen (secondary N) is 1. The van der Waals surface area contributed by atoms with Crippen LogP contribution in [0.5, 0.6) is 11.5 Å². The van der Waals surface area contributed by atoms with Crippen molar-refractivity contribution in [2.24, 2.45) is 0 Å². The third kappa shape index (κ3) is 6.35. The molecule has 0 atom stereocenters. The molecule has 1 aliphatic rings. The van der Waals surface area contributed by atoms with E-state index in [-0.39, 0.29) is 23.4 Å². The van der Waals surface area contributed by atoms with Gasteiger partial charge in [-0.1, -0.05) is 29.3 Å². The van der Waals surface area contributed by atoms with Crippen LogP contribution in [0.1, 0.15) is 28.4 Å². The molecule has 0 radical (unpaired) electrons. The van der Waals surface area contributed by atoms with E-state index in [1.165, 1.54) is 30.3 Å². The van der Waals surface area contributed by atoms with Crippen LogP contribution in [0.25, 0.3) is 6.08 Å². The summed E-state index contributed by atoms with van der Waals surface area (Å²) in [5, 5.41) is 12.2. The zero-order valence-electron chi connectivity index (χ0n) is 20.2. The molecule has 0 spiro atoms. The topological polar surface area (TPSA) is 122 Å². The second kappa shape index (κ2) is 12.1. The number of carbonyl (C=O) groups is 4. The molecule has 0 aliphatic carbocycles. The van der Waals surface area contributed by atoms with Crippen molar-refractivity contribution in [3.05, 3.63) is 90.5 Å². The Labute approximate surface area is 246 Å². The van der Waals surface area contributed by atoms with E-state index < -0.39 is 23.8 Å². The van der Waals surface area contributed by atoms with E-state index in [0.717, 1.165) is 10.5 Å². The Balaban J connectivity index is 1.65. The first-order valence-electron chi connectivity index (χ1n) is 11.4. The Bertz CT molecular complexity index is 1520. The standard InChI is InChI=1S/C27H19Cl2IN2O7/c1-2-38-22-11-14(10-21(30)23(22)39-13-16-3-6-17(28)12-20(16)29)9-19-24(33)31-27(37)32(25(19)34)18-7-4-15(5-8-18)26(35)36/h3-12H,2,13H2,1H3,(H,35,36)(H,31,33,37)/b19-9+. The highest BCUT2D eigenvalue weighted by molar-refractivity contribution is 14.1. The number of hydrogen-bond acceptors (Lipinski definition) is 6. The predicted molar refractivity (Wildman–Crippen MR) is 154 cm³/mol. The monoisotopic (exact) mass is 680 g/mol. The van der Waals surface area contributed by atoms with Crippen LogP contribution in [-0.2, 0) is 16.2 Å². The maximum Gasteiger partial charge on any atom is 0.335 e. The molecule has 4 rings (SSSR count). The van der Waals surface area contributed by atoms with Crippen LogP contribution in [0.3, 0.4) is 0 Å². The molecule has 1 fully saturated rings. The van der Waals surface area contributed by atoms with E-state index in [1.807, 2.05) is 0 Å². The highest BCUT2D eigenvalue weighted by Gasteiger charge is 2.37. The number of urea groups is 1. The largest absolute Gasteiger partial charge is 0.490 e. The minimum absolute atomic E-state index is 0.0193. The number of carboxylic acid groups (broad SMARTS) is 1. The fourth-order valence-corrected chi connectivity index (χ4v) is 4.92. The third-order valence-electron chi connectivity index (χ3n) is 5.50. The molecule has 1 saturated heterocycles. The van der Waals surface area contributed by atoms with E-state index >= 15 is 0 Å². The number of benzene rings is 3. The van der Waals surface area contributed by atoms with Gasteiger partial charge in [-0.2, -0.15) is 0 Å². The fraction of sp³-hybridized carbons (Fsp3) is 0.111. The molecule has 0 saturated carbocycles. The van der Waals surface area contributed by atoms with Crippen LogP contribution in [-0.4, -0.2) is 35.5 Å². The van der Waals surface area contributed by atoms with E-state index in [4.69, 9.17) is 37.8 Å². The summed E-state index contributed by atoms with van der Waals surface area (Å²) in [5.74, 6) is -2.07. The number of imide groups is 2. The first-order chi connectivity index (χ1) is 18.6. The Hall–Kier alpha value is -3.61. The Morgan fingerprint density at radius 3 is 2.41 bits per heavy atom. The maximum absolute atomic E-state index is 13.2. The second-order valence-electron chi connectivity index (χ2n) is 8.10. The van der Waals surface area contributed by atoms with Crippen molar-refractivity contribution in [3.63, 3.8) is 0 Å². The summed E-state index contributed by atoms with van der Waals surface area (Å²) in [4.78, 5) is 50.2. The van der Waals surface area contributed by atoms with Crippen LogP contribution in [0.4, 0.5) is 10.5 Å². The van der Waals surface area contributed by atoms with Crippen LogP contribution < -0.4 is 19.7 Å². The normalized spacial score (nSPS) is 14.4. The van der Waals surface area contributed by atoms with Crippen molar-refractivity contribution >= 4 is 81.4 Å². The number of ether oxygens (including phenoxy) is 2. The second-order valence-corrected chi connectivity index (χ2v) is 10.1. The van der Waals surface area contributed by atoms with Crippen molar-refractivity contribution in [1.29, 1.82) is 0 Å². The Kier molecular flexibility index (Phi) is 8.78. The average Bonchev–Trinajstić information content (AvgIpc) is 2.87. The summed E-state index contributed by atoms with van der Waals surface area (Å²) in [6, 6.07) is 12.6. The molecule has 1 heterocycles. The van der Waals surface area contributed by atoms with E-state index in [0.29, 0.717) is 37.3 Å². The van der Waals surface area contributed by atoms with Crippen LogP contribution >= 0.6 is 45.8 Å². The molecular formula is C27H19Cl2IN2O7.